The Morgan fingerprint density at radius 1 is 1.15 bits per heavy atom. The molecule has 0 saturated heterocycles. The molecule has 0 aliphatic heterocycles. The number of rotatable bonds is 13. The van der Waals surface area contributed by atoms with E-state index in [1.807, 2.05) is 0 Å². The van der Waals surface area contributed by atoms with E-state index in [0.717, 1.165) is 5.41 Å². The monoisotopic (exact) mass is 482 g/mol. The van der Waals surface area contributed by atoms with E-state index in [-0.39, 0.29) is 18.9 Å². The summed E-state index contributed by atoms with van der Waals surface area (Å²) in [6.07, 6.45) is 2.47. The zero-order chi connectivity index (χ0) is 25.0. The SMILES string of the molecule is C[C@H](NC(=O)[C@H](N)C(O)S(=O)(=O)/C=C/c1ccccc1)C(=O)N[C@H](C=O)CCCN=C(N)N. The molecular weight excluding hydrogens is 452 g/mol. The number of aliphatic hydroxyl groups is 1. The summed E-state index contributed by atoms with van der Waals surface area (Å²) in [4.78, 5) is 39.5. The second-order valence-electron chi connectivity index (χ2n) is 7.15. The number of nitrogens with one attached hydrogen (secondary N) is 2. The molecule has 1 unspecified atom stereocenters. The van der Waals surface area contributed by atoms with Gasteiger partial charge in [-0.15, -0.1) is 0 Å². The summed E-state index contributed by atoms with van der Waals surface area (Å²) in [5.41, 5.74) is 14.3. The minimum Gasteiger partial charge on any atom is -0.375 e. The van der Waals surface area contributed by atoms with Crippen LogP contribution in [0.1, 0.15) is 25.3 Å². The molecule has 1 aromatic rings. The first-order chi connectivity index (χ1) is 15.5. The van der Waals surface area contributed by atoms with Gasteiger partial charge in [0.15, 0.2) is 21.2 Å². The van der Waals surface area contributed by atoms with Crippen molar-refractivity contribution in [2.24, 2.45) is 22.2 Å². The van der Waals surface area contributed by atoms with Gasteiger partial charge in [-0.25, -0.2) is 8.42 Å². The van der Waals surface area contributed by atoms with Gasteiger partial charge in [-0.3, -0.25) is 14.6 Å². The first-order valence-electron chi connectivity index (χ1n) is 10.00. The van der Waals surface area contributed by atoms with Gasteiger partial charge in [-0.2, -0.15) is 0 Å². The van der Waals surface area contributed by atoms with Crippen molar-refractivity contribution in [2.75, 3.05) is 6.54 Å². The lowest BCUT2D eigenvalue weighted by atomic mass is 10.1. The summed E-state index contributed by atoms with van der Waals surface area (Å²) < 4.78 is 24.6. The number of aliphatic imine (C=N–C) groups is 1. The van der Waals surface area contributed by atoms with E-state index in [4.69, 9.17) is 17.2 Å². The molecule has 0 fully saturated rings. The highest BCUT2D eigenvalue weighted by Crippen LogP contribution is 2.09. The minimum atomic E-state index is -4.29. The van der Waals surface area contributed by atoms with Crippen LogP contribution < -0.4 is 27.8 Å². The summed E-state index contributed by atoms with van der Waals surface area (Å²) in [5, 5.41) is 15.5. The van der Waals surface area contributed by atoms with Gasteiger partial charge in [0.05, 0.1) is 6.04 Å². The van der Waals surface area contributed by atoms with E-state index in [1.165, 1.54) is 13.0 Å². The normalized spacial score (nSPS) is 15.1. The maximum absolute atomic E-state index is 12.3. The average molecular weight is 483 g/mol. The quantitative estimate of drug-likeness (QED) is 0.0787. The highest BCUT2D eigenvalue weighted by Gasteiger charge is 2.33. The molecule has 12 nitrogen and oxygen atoms in total. The maximum atomic E-state index is 12.3. The first kappa shape index (κ1) is 27.7. The molecule has 13 heteroatoms. The van der Waals surface area contributed by atoms with Crippen molar-refractivity contribution in [3.8, 4) is 0 Å². The Morgan fingerprint density at radius 2 is 1.79 bits per heavy atom. The number of nitrogens with zero attached hydrogens (tertiary/aromatic N) is 1. The van der Waals surface area contributed by atoms with Crippen LogP contribution in [0.2, 0.25) is 0 Å². The summed E-state index contributed by atoms with van der Waals surface area (Å²) in [6.45, 7) is 1.59. The molecule has 0 aliphatic rings. The zero-order valence-electron chi connectivity index (χ0n) is 18.1. The van der Waals surface area contributed by atoms with Crippen LogP contribution in [0.4, 0.5) is 0 Å². The van der Waals surface area contributed by atoms with E-state index in [0.29, 0.717) is 18.3 Å². The summed E-state index contributed by atoms with van der Waals surface area (Å²) in [5.74, 6) is -1.85. The van der Waals surface area contributed by atoms with Crippen LogP contribution in [0.5, 0.6) is 0 Å². The van der Waals surface area contributed by atoms with Crippen molar-refractivity contribution in [3.05, 3.63) is 41.3 Å². The van der Waals surface area contributed by atoms with Crippen molar-refractivity contribution in [2.45, 2.75) is 43.3 Å². The third-order valence-corrected chi connectivity index (χ3v) is 5.89. The molecule has 9 N–H and O–H groups in total. The fraction of sp³-hybridized carbons (Fsp3) is 0.400. The van der Waals surface area contributed by atoms with Crippen molar-refractivity contribution < 1.29 is 27.9 Å². The van der Waals surface area contributed by atoms with Gasteiger partial charge in [-0.05, 0) is 31.4 Å². The number of guanidine groups is 1. The standard InChI is InChI=1S/C20H30N6O6S/c1-13(17(28)26-15(12-27)8-5-10-24-20(22)23)25-18(29)16(21)19(30)33(31,32)11-9-14-6-3-2-4-7-14/h2-4,6-7,9,11-13,15-16,19,30H,5,8,10,21H2,1H3,(H,25,29)(H,26,28)(H4,22,23,24)/b11-9+/t13-,15-,16-,19?/m0/s1. The fourth-order valence-corrected chi connectivity index (χ4v) is 3.57. The van der Waals surface area contributed by atoms with Crippen LogP contribution in [-0.2, 0) is 24.2 Å². The Hall–Kier alpha value is -3.29. The molecule has 1 aromatic carbocycles. The predicted molar refractivity (Wildman–Crippen MR) is 124 cm³/mol. The van der Waals surface area contributed by atoms with E-state index in [9.17, 15) is 27.9 Å². The van der Waals surface area contributed by atoms with E-state index >= 15 is 0 Å². The number of benzene rings is 1. The average Bonchev–Trinajstić information content (AvgIpc) is 2.78. The fourth-order valence-electron chi connectivity index (χ4n) is 2.53. The topological polar surface area (TPSA) is 220 Å². The lowest BCUT2D eigenvalue weighted by molar-refractivity contribution is -0.130. The van der Waals surface area contributed by atoms with Gasteiger partial charge in [-0.1, -0.05) is 30.3 Å². The van der Waals surface area contributed by atoms with E-state index < -0.39 is 45.2 Å². The van der Waals surface area contributed by atoms with Gasteiger partial charge in [0.25, 0.3) is 0 Å². The molecule has 0 aromatic heterocycles. The number of carbonyl (C=O) groups excluding carboxylic acids is 3. The van der Waals surface area contributed by atoms with Crippen molar-refractivity contribution in [3.63, 3.8) is 0 Å². The van der Waals surface area contributed by atoms with Crippen LogP contribution >= 0.6 is 0 Å². The number of carbonyl (C=O) groups is 3. The Morgan fingerprint density at radius 3 is 2.36 bits per heavy atom. The number of sulfone groups is 1. The molecule has 33 heavy (non-hydrogen) atoms. The smallest absolute Gasteiger partial charge is 0.242 e. The molecule has 0 aliphatic carbocycles. The maximum Gasteiger partial charge on any atom is 0.242 e. The van der Waals surface area contributed by atoms with Crippen LogP contribution in [0.3, 0.4) is 0 Å². The molecule has 182 valence electrons. The lowest BCUT2D eigenvalue weighted by Crippen LogP contribution is -2.56. The van der Waals surface area contributed by atoms with Crippen LogP contribution in [0.15, 0.2) is 40.7 Å². The van der Waals surface area contributed by atoms with Gasteiger partial charge in [0.1, 0.15) is 18.4 Å². The third-order valence-electron chi connectivity index (χ3n) is 4.41. The molecule has 0 bridgehead atoms. The summed E-state index contributed by atoms with van der Waals surface area (Å²) in [7, 11) is -4.29. The van der Waals surface area contributed by atoms with Crippen LogP contribution in [0, 0.1) is 0 Å². The summed E-state index contributed by atoms with van der Waals surface area (Å²) >= 11 is 0. The minimum absolute atomic E-state index is 0.0888. The van der Waals surface area contributed by atoms with E-state index in [2.05, 4.69) is 15.6 Å². The van der Waals surface area contributed by atoms with Crippen LogP contribution in [0.25, 0.3) is 6.08 Å². The highest BCUT2D eigenvalue weighted by atomic mass is 32.2. The molecule has 0 saturated carbocycles. The van der Waals surface area contributed by atoms with E-state index in [1.54, 1.807) is 30.3 Å². The second kappa shape index (κ2) is 13.3. The van der Waals surface area contributed by atoms with Gasteiger partial charge < -0.3 is 37.7 Å². The van der Waals surface area contributed by atoms with Crippen molar-refractivity contribution in [1.29, 1.82) is 0 Å². The molecule has 4 atom stereocenters. The molecule has 0 spiro atoms. The van der Waals surface area contributed by atoms with Crippen molar-refractivity contribution in [1.82, 2.24) is 10.6 Å². The number of hydrogen-bond donors (Lipinski definition) is 6. The number of aldehydes is 1. The Labute approximate surface area is 192 Å². The van der Waals surface area contributed by atoms with Gasteiger partial charge >= 0.3 is 0 Å². The molecular formula is C20H30N6O6S. The Balaban J connectivity index is 2.64. The summed E-state index contributed by atoms with van der Waals surface area (Å²) in [6, 6.07) is 4.61. The van der Waals surface area contributed by atoms with Crippen LogP contribution in [-0.4, -0.2) is 67.7 Å². The molecule has 0 radical (unpaired) electrons. The number of amides is 2. The highest BCUT2D eigenvalue weighted by molar-refractivity contribution is 7.94. The first-order valence-corrected chi connectivity index (χ1v) is 11.6. The molecule has 2 amide bonds. The third kappa shape index (κ3) is 9.80. The zero-order valence-corrected chi connectivity index (χ0v) is 18.9. The lowest BCUT2D eigenvalue weighted by Gasteiger charge is -2.21. The van der Waals surface area contributed by atoms with Gasteiger partial charge in [0, 0.05) is 12.0 Å². The van der Waals surface area contributed by atoms with Gasteiger partial charge in [0.2, 0.25) is 11.8 Å². The Bertz CT molecular complexity index is 963. The largest absolute Gasteiger partial charge is 0.375 e. The number of hydrogen-bond acceptors (Lipinski definition) is 8. The van der Waals surface area contributed by atoms with Crippen molar-refractivity contribution >= 4 is 40.0 Å². The second-order valence-corrected chi connectivity index (χ2v) is 9.08. The number of aliphatic hydroxyl groups excluding tert-OH is 1. The molecule has 0 heterocycles. The predicted octanol–water partition coefficient (Wildman–Crippen LogP) is -2.04. The molecule has 1 rings (SSSR count). The number of nitrogens with two attached hydrogens (primary N) is 3. The Kier molecular flexibility index (Phi) is 11.2.